The number of nitrogen functional groups attached to an aromatic ring is 1. The maximum Gasteiger partial charge on any atom is 0.220 e. The van der Waals surface area contributed by atoms with Crippen molar-refractivity contribution in [2.24, 2.45) is 5.73 Å². The van der Waals surface area contributed by atoms with Crippen molar-refractivity contribution in [1.29, 1.82) is 5.41 Å². The first-order valence-corrected chi connectivity index (χ1v) is 5.73. The van der Waals surface area contributed by atoms with Crippen LogP contribution < -0.4 is 15.2 Å². The number of aromatic nitrogens is 1. The molecule has 1 aromatic heterocycles. The molecule has 0 fully saturated rings. The lowest BCUT2D eigenvalue weighted by atomic mass is 10.2. The highest BCUT2D eigenvalue weighted by molar-refractivity contribution is 5.95. The molecule has 0 radical (unpaired) electrons. The summed E-state index contributed by atoms with van der Waals surface area (Å²) in [7, 11) is 1.60. The number of rotatable bonds is 4. The number of aryl methyl sites for hydroxylation is 1. The highest BCUT2D eigenvalue weighted by Crippen LogP contribution is 2.24. The normalized spacial score (nSPS) is 10.0. The van der Waals surface area contributed by atoms with E-state index in [1.54, 1.807) is 31.4 Å². The molecule has 5 heteroatoms. The molecule has 0 unspecified atom stereocenters. The van der Waals surface area contributed by atoms with Gasteiger partial charge in [0.05, 0.1) is 7.11 Å². The number of nitrogens with one attached hydrogen (secondary N) is 1. The summed E-state index contributed by atoms with van der Waals surface area (Å²) in [6.45, 7) is 1.82. The Balaban J connectivity index is 2.29. The van der Waals surface area contributed by atoms with Crippen LogP contribution in [0.5, 0.6) is 17.4 Å². The van der Waals surface area contributed by atoms with Crippen molar-refractivity contribution >= 4 is 5.84 Å². The number of benzene rings is 1. The van der Waals surface area contributed by atoms with Gasteiger partial charge in [0.1, 0.15) is 17.3 Å². The maximum absolute atomic E-state index is 7.45. The van der Waals surface area contributed by atoms with Gasteiger partial charge in [-0.3, -0.25) is 5.41 Å². The number of ether oxygens (including phenoxy) is 2. The number of nitrogens with two attached hydrogens (primary N) is 1. The molecular weight excluding hydrogens is 242 g/mol. The van der Waals surface area contributed by atoms with Gasteiger partial charge in [-0.05, 0) is 25.1 Å². The fourth-order valence-corrected chi connectivity index (χ4v) is 1.63. The average molecular weight is 257 g/mol. The Morgan fingerprint density at radius 2 is 1.95 bits per heavy atom. The molecule has 3 N–H and O–H groups in total. The third-order valence-corrected chi connectivity index (χ3v) is 2.50. The number of amidine groups is 1. The second kappa shape index (κ2) is 5.39. The Bertz CT molecular complexity index is 611. The SMILES string of the molecule is COc1cccc(Oc2cc(C(=N)N)cc(C)n2)c1. The molecule has 0 aliphatic rings. The van der Waals surface area contributed by atoms with Gasteiger partial charge in [-0.2, -0.15) is 0 Å². The minimum Gasteiger partial charge on any atom is -0.497 e. The molecule has 0 saturated heterocycles. The number of hydrogen-bond donors (Lipinski definition) is 2. The summed E-state index contributed by atoms with van der Waals surface area (Å²) < 4.78 is 10.8. The molecule has 5 nitrogen and oxygen atoms in total. The summed E-state index contributed by atoms with van der Waals surface area (Å²) >= 11 is 0. The summed E-state index contributed by atoms with van der Waals surface area (Å²) in [5.74, 6) is 1.71. The van der Waals surface area contributed by atoms with Crippen molar-refractivity contribution in [3.05, 3.63) is 47.7 Å². The van der Waals surface area contributed by atoms with Crippen LogP contribution in [-0.4, -0.2) is 17.9 Å². The van der Waals surface area contributed by atoms with Crippen LogP contribution in [0.25, 0.3) is 0 Å². The molecule has 0 amide bonds. The third kappa shape index (κ3) is 3.22. The Morgan fingerprint density at radius 1 is 1.21 bits per heavy atom. The second-order valence-electron chi connectivity index (χ2n) is 4.03. The van der Waals surface area contributed by atoms with Gasteiger partial charge in [-0.1, -0.05) is 6.07 Å². The van der Waals surface area contributed by atoms with Gasteiger partial charge >= 0.3 is 0 Å². The van der Waals surface area contributed by atoms with Crippen molar-refractivity contribution in [1.82, 2.24) is 4.98 Å². The first kappa shape index (κ1) is 12.9. The van der Waals surface area contributed by atoms with E-state index in [4.69, 9.17) is 20.6 Å². The Hall–Kier alpha value is -2.56. The zero-order valence-electron chi connectivity index (χ0n) is 10.8. The van der Waals surface area contributed by atoms with Crippen molar-refractivity contribution in [2.75, 3.05) is 7.11 Å². The largest absolute Gasteiger partial charge is 0.497 e. The standard InChI is InChI=1S/C14H15N3O2/c1-9-6-10(14(15)16)7-13(17-9)19-12-5-3-4-11(8-12)18-2/h3-8H,1-2H3,(H3,15,16). The Labute approximate surface area is 111 Å². The van der Waals surface area contributed by atoms with Crippen molar-refractivity contribution < 1.29 is 9.47 Å². The number of methoxy groups -OCH3 is 1. The molecule has 2 rings (SSSR count). The quantitative estimate of drug-likeness (QED) is 0.651. The Morgan fingerprint density at radius 3 is 2.63 bits per heavy atom. The monoisotopic (exact) mass is 257 g/mol. The smallest absolute Gasteiger partial charge is 0.220 e. The zero-order valence-corrected chi connectivity index (χ0v) is 10.8. The van der Waals surface area contributed by atoms with E-state index >= 15 is 0 Å². The van der Waals surface area contributed by atoms with Crippen LogP contribution in [0.4, 0.5) is 0 Å². The molecular formula is C14H15N3O2. The van der Waals surface area contributed by atoms with Crippen molar-refractivity contribution in [3.63, 3.8) is 0 Å². The van der Waals surface area contributed by atoms with Crippen LogP contribution in [-0.2, 0) is 0 Å². The highest BCUT2D eigenvalue weighted by atomic mass is 16.5. The lowest BCUT2D eigenvalue weighted by Crippen LogP contribution is -2.11. The van der Waals surface area contributed by atoms with Gasteiger partial charge < -0.3 is 15.2 Å². The van der Waals surface area contributed by atoms with Gasteiger partial charge in [0, 0.05) is 23.4 Å². The fraction of sp³-hybridized carbons (Fsp3) is 0.143. The van der Waals surface area contributed by atoms with Gasteiger partial charge in [-0.25, -0.2) is 4.98 Å². The van der Waals surface area contributed by atoms with Crippen LogP contribution in [0.2, 0.25) is 0 Å². The van der Waals surface area contributed by atoms with E-state index < -0.39 is 0 Å². The second-order valence-corrected chi connectivity index (χ2v) is 4.03. The zero-order chi connectivity index (χ0) is 13.8. The summed E-state index contributed by atoms with van der Waals surface area (Å²) in [5.41, 5.74) is 6.80. The molecule has 0 aliphatic heterocycles. The van der Waals surface area contributed by atoms with Gasteiger partial charge in [0.15, 0.2) is 0 Å². The van der Waals surface area contributed by atoms with E-state index in [0.29, 0.717) is 22.9 Å². The van der Waals surface area contributed by atoms with Gasteiger partial charge in [-0.15, -0.1) is 0 Å². The van der Waals surface area contributed by atoms with E-state index in [-0.39, 0.29) is 5.84 Å². The van der Waals surface area contributed by atoms with Crippen molar-refractivity contribution in [3.8, 4) is 17.4 Å². The van der Waals surface area contributed by atoms with Crippen LogP contribution in [0, 0.1) is 12.3 Å². The van der Waals surface area contributed by atoms with Crippen LogP contribution in [0.15, 0.2) is 36.4 Å². The van der Waals surface area contributed by atoms with Crippen LogP contribution >= 0.6 is 0 Å². The van der Waals surface area contributed by atoms with Crippen molar-refractivity contribution in [2.45, 2.75) is 6.92 Å². The summed E-state index contributed by atoms with van der Waals surface area (Å²) in [5, 5.41) is 7.45. The molecule has 19 heavy (non-hydrogen) atoms. The lowest BCUT2D eigenvalue weighted by molar-refractivity contribution is 0.407. The van der Waals surface area contributed by atoms with Gasteiger partial charge in [0.25, 0.3) is 0 Å². The summed E-state index contributed by atoms with van der Waals surface area (Å²) in [6, 6.07) is 10.6. The molecule has 0 bridgehead atoms. The van der Waals surface area contributed by atoms with E-state index in [0.717, 1.165) is 5.69 Å². The minimum absolute atomic E-state index is 0.0130. The van der Waals surface area contributed by atoms with E-state index in [1.807, 2.05) is 19.1 Å². The lowest BCUT2D eigenvalue weighted by Gasteiger charge is -2.08. The topological polar surface area (TPSA) is 81.2 Å². The molecule has 2 aromatic rings. The first-order chi connectivity index (χ1) is 9.08. The molecule has 1 aromatic carbocycles. The summed E-state index contributed by atoms with van der Waals surface area (Å²) in [6.07, 6.45) is 0. The molecule has 0 atom stereocenters. The van der Waals surface area contributed by atoms with E-state index in [2.05, 4.69) is 4.98 Å². The van der Waals surface area contributed by atoms with E-state index in [9.17, 15) is 0 Å². The van der Waals surface area contributed by atoms with Gasteiger partial charge in [0.2, 0.25) is 5.88 Å². The number of nitrogens with zero attached hydrogens (tertiary/aromatic N) is 1. The molecule has 0 saturated carbocycles. The third-order valence-electron chi connectivity index (χ3n) is 2.50. The maximum atomic E-state index is 7.45. The number of pyridine rings is 1. The highest BCUT2D eigenvalue weighted by Gasteiger charge is 2.05. The minimum atomic E-state index is -0.0130. The predicted octanol–water partition coefficient (Wildman–Crippen LogP) is 2.47. The Kier molecular flexibility index (Phi) is 3.66. The summed E-state index contributed by atoms with van der Waals surface area (Å²) in [4.78, 5) is 4.25. The average Bonchev–Trinajstić information content (AvgIpc) is 2.38. The van der Waals surface area contributed by atoms with Crippen LogP contribution in [0.1, 0.15) is 11.3 Å². The van der Waals surface area contributed by atoms with Crippen LogP contribution in [0.3, 0.4) is 0 Å². The predicted molar refractivity (Wildman–Crippen MR) is 73.1 cm³/mol. The molecule has 0 spiro atoms. The molecule has 1 heterocycles. The fourth-order valence-electron chi connectivity index (χ4n) is 1.63. The molecule has 0 aliphatic carbocycles. The first-order valence-electron chi connectivity index (χ1n) is 5.73. The number of hydrogen-bond acceptors (Lipinski definition) is 4. The molecule has 98 valence electrons. The van der Waals surface area contributed by atoms with E-state index in [1.165, 1.54) is 0 Å².